The Labute approximate surface area is 103 Å². The first-order valence-electron chi connectivity index (χ1n) is 4.98. The van der Waals surface area contributed by atoms with Gasteiger partial charge >= 0.3 is 0 Å². The van der Waals surface area contributed by atoms with Gasteiger partial charge in [-0.25, -0.2) is 15.0 Å². The Kier molecular flexibility index (Phi) is 3.66. The first-order valence-corrected chi connectivity index (χ1v) is 5.35. The van der Waals surface area contributed by atoms with Gasteiger partial charge in [0.25, 0.3) is 0 Å². The highest BCUT2D eigenvalue weighted by Gasteiger charge is 2.07. The summed E-state index contributed by atoms with van der Waals surface area (Å²) in [6.45, 7) is 0.559. The Bertz CT molecular complexity index is 499. The van der Waals surface area contributed by atoms with Crippen LogP contribution < -0.4 is 5.32 Å². The summed E-state index contributed by atoms with van der Waals surface area (Å²) in [4.78, 5) is 23.2. The van der Waals surface area contributed by atoms with Crippen LogP contribution in [-0.4, -0.2) is 25.4 Å². The lowest BCUT2D eigenvalue weighted by molar-refractivity contribution is -0.116. The molecule has 0 radical (unpaired) electrons. The Balaban J connectivity index is 1.87. The molecule has 2 aromatic rings. The zero-order valence-electron chi connectivity index (χ0n) is 8.88. The number of nitrogens with zero attached hydrogens (tertiary/aromatic N) is 4. The minimum Gasteiger partial charge on any atom is -0.337 e. The highest BCUT2D eigenvalue weighted by molar-refractivity contribution is 6.32. The molecule has 6 nitrogen and oxygen atoms in total. The van der Waals surface area contributed by atoms with Crippen LogP contribution in [0.1, 0.15) is 6.42 Å². The van der Waals surface area contributed by atoms with Crippen LogP contribution in [0.25, 0.3) is 0 Å². The van der Waals surface area contributed by atoms with Gasteiger partial charge in [0.15, 0.2) is 11.0 Å². The maximum absolute atomic E-state index is 11.6. The molecule has 0 spiro atoms. The number of hydrogen-bond acceptors (Lipinski definition) is 4. The van der Waals surface area contributed by atoms with Crippen LogP contribution in [-0.2, 0) is 11.3 Å². The summed E-state index contributed by atoms with van der Waals surface area (Å²) in [6, 6.07) is 0. The minimum atomic E-state index is -0.166. The smallest absolute Gasteiger partial charge is 0.227 e. The van der Waals surface area contributed by atoms with Gasteiger partial charge in [-0.2, -0.15) is 0 Å². The van der Waals surface area contributed by atoms with Crippen LogP contribution in [0.5, 0.6) is 0 Å². The van der Waals surface area contributed by atoms with Gasteiger partial charge in [-0.1, -0.05) is 11.6 Å². The number of carbonyl (C=O) groups excluding carboxylic acids is 1. The number of aromatic nitrogens is 4. The first-order chi connectivity index (χ1) is 8.25. The number of amides is 1. The van der Waals surface area contributed by atoms with Gasteiger partial charge in [0.05, 0.1) is 6.33 Å². The van der Waals surface area contributed by atoms with Crippen molar-refractivity contribution < 1.29 is 4.79 Å². The van der Waals surface area contributed by atoms with E-state index in [0.717, 1.165) is 0 Å². The van der Waals surface area contributed by atoms with E-state index >= 15 is 0 Å². The van der Waals surface area contributed by atoms with Crippen molar-refractivity contribution in [2.24, 2.45) is 0 Å². The highest BCUT2D eigenvalue weighted by Crippen LogP contribution is 2.14. The summed E-state index contributed by atoms with van der Waals surface area (Å²) in [7, 11) is 0. The van der Waals surface area contributed by atoms with Gasteiger partial charge < -0.3 is 9.88 Å². The van der Waals surface area contributed by atoms with Crippen molar-refractivity contribution >= 4 is 23.3 Å². The van der Waals surface area contributed by atoms with E-state index in [0.29, 0.717) is 13.0 Å². The average Bonchev–Trinajstić information content (AvgIpc) is 2.82. The lowest BCUT2D eigenvalue weighted by Gasteiger charge is -2.05. The molecule has 1 N–H and O–H groups in total. The topological polar surface area (TPSA) is 72.7 Å². The Morgan fingerprint density at radius 1 is 1.35 bits per heavy atom. The van der Waals surface area contributed by atoms with Gasteiger partial charge in [0, 0.05) is 37.8 Å². The Morgan fingerprint density at radius 2 is 2.18 bits per heavy atom. The predicted octanol–water partition coefficient (Wildman–Crippen LogP) is 1.36. The van der Waals surface area contributed by atoms with Crippen molar-refractivity contribution in [2.45, 2.75) is 13.0 Å². The highest BCUT2D eigenvalue weighted by atomic mass is 35.5. The summed E-state index contributed by atoms with van der Waals surface area (Å²) in [5, 5.41) is 2.78. The predicted molar refractivity (Wildman–Crippen MR) is 62.5 cm³/mol. The van der Waals surface area contributed by atoms with Crippen LogP contribution in [0.3, 0.4) is 0 Å². The maximum Gasteiger partial charge on any atom is 0.227 e. The largest absolute Gasteiger partial charge is 0.337 e. The van der Waals surface area contributed by atoms with Gasteiger partial charge in [0.1, 0.15) is 0 Å². The zero-order valence-corrected chi connectivity index (χ0v) is 9.63. The lowest BCUT2D eigenvalue weighted by atomic mass is 10.4. The molecule has 0 saturated heterocycles. The average molecular weight is 252 g/mol. The summed E-state index contributed by atoms with van der Waals surface area (Å²) >= 11 is 5.76. The molecular weight excluding hydrogens is 242 g/mol. The van der Waals surface area contributed by atoms with E-state index in [9.17, 15) is 4.79 Å². The van der Waals surface area contributed by atoms with Crippen LogP contribution in [0.4, 0.5) is 5.82 Å². The third-order valence-electron chi connectivity index (χ3n) is 2.07. The normalized spacial score (nSPS) is 10.2. The fourth-order valence-corrected chi connectivity index (χ4v) is 1.40. The standard InChI is InChI=1S/C10H10ClN5O/c11-9-10(14-3-2-13-9)15-8(17)1-5-16-6-4-12-7-16/h2-4,6-7H,1,5H2,(H,14,15,17). The number of hydrogen-bond donors (Lipinski definition) is 1. The molecule has 2 aromatic heterocycles. The van der Waals surface area contributed by atoms with E-state index < -0.39 is 0 Å². The molecule has 17 heavy (non-hydrogen) atoms. The van der Waals surface area contributed by atoms with Gasteiger partial charge in [-0.3, -0.25) is 4.79 Å². The second-order valence-corrected chi connectivity index (χ2v) is 3.65. The molecule has 0 aliphatic carbocycles. The van der Waals surface area contributed by atoms with Crippen molar-refractivity contribution in [1.82, 2.24) is 19.5 Å². The molecule has 0 aromatic carbocycles. The molecule has 0 bridgehead atoms. The molecule has 88 valence electrons. The summed E-state index contributed by atoms with van der Waals surface area (Å²) in [5.74, 6) is 0.117. The number of rotatable bonds is 4. The molecule has 7 heteroatoms. The summed E-state index contributed by atoms with van der Waals surface area (Å²) in [6.07, 6.45) is 8.37. The van der Waals surface area contributed by atoms with Crippen LogP contribution in [0, 0.1) is 0 Å². The Morgan fingerprint density at radius 3 is 2.88 bits per heavy atom. The molecular formula is C10H10ClN5O. The number of anilines is 1. The van der Waals surface area contributed by atoms with Crippen molar-refractivity contribution in [1.29, 1.82) is 0 Å². The molecule has 0 unspecified atom stereocenters. The quantitative estimate of drug-likeness (QED) is 0.890. The van der Waals surface area contributed by atoms with Crippen LogP contribution >= 0.6 is 11.6 Å². The van der Waals surface area contributed by atoms with Crippen molar-refractivity contribution in [3.8, 4) is 0 Å². The third kappa shape index (κ3) is 3.25. The number of aryl methyl sites for hydroxylation is 1. The van der Waals surface area contributed by atoms with Gasteiger partial charge in [-0.05, 0) is 0 Å². The van der Waals surface area contributed by atoms with E-state index in [1.807, 2.05) is 4.57 Å². The van der Waals surface area contributed by atoms with Crippen LogP contribution in [0.2, 0.25) is 5.15 Å². The number of carbonyl (C=O) groups is 1. The monoisotopic (exact) mass is 251 g/mol. The molecule has 2 rings (SSSR count). The molecule has 0 fully saturated rings. The molecule has 2 heterocycles. The second kappa shape index (κ2) is 5.40. The number of halogens is 1. The summed E-state index contributed by atoms with van der Waals surface area (Å²) in [5.41, 5.74) is 0. The van der Waals surface area contributed by atoms with Crippen molar-refractivity contribution in [3.63, 3.8) is 0 Å². The van der Waals surface area contributed by atoms with E-state index in [1.54, 1.807) is 18.7 Å². The van der Waals surface area contributed by atoms with Gasteiger partial charge in [0.2, 0.25) is 5.91 Å². The molecule has 0 atom stereocenters. The van der Waals surface area contributed by atoms with E-state index in [-0.39, 0.29) is 16.9 Å². The zero-order chi connectivity index (χ0) is 12.1. The lowest BCUT2D eigenvalue weighted by Crippen LogP contribution is -2.15. The fraction of sp³-hybridized carbons (Fsp3) is 0.200. The molecule has 1 amide bonds. The SMILES string of the molecule is O=C(CCn1ccnc1)Nc1nccnc1Cl. The number of imidazole rings is 1. The van der Waals surface area contributed by atoms with Crippen molar-refractivity contribution in [2.75, 3.05) is 5.32 Å². The maximum atomic E-state index is 11.6. The second-order valence-electron chi connectivity index (χ2n) is 3.29. The fourth-order valence-electron chi connectivity index (χ4n) is 1.25. The molecule has 0 aliphatic rings. The van der Waals surface area contributed by atoms with E-state index in [1.165, 1.54) is 12.4 Å². The Hall–Kier alpha value is -1.95. The molecule has 0 saturated carbocycles. The van der Waals surface area contributed by atoms with Crippen LogP contribution in [0.15, 0.2) is 31.1 Å². The van der Waals surface area contributed by atoms with E-state index in [4.69, 9.17) is 11.6 Å². The minimum absolute atomic E-state index is 0.166. The molecule has 0 aliphatic heterocycles. The summed E-state index contributed by atoms with van der Waals surface area (Å²) < 4.78 is 1.82. The van der Waals surface area contributed by atoms with Gasteiger partial charge in [-0.15, -0.1) is 0 Å². The van der Waals surface area contributed by atoms with Crippen molar-refractivity contribution in [3.05, 3.63) is 36.3 Å². The number of nitrogens with one attached hydrogen (secondary N) is 1. The third-order valence-corrected chi connectivity index (χ3v) is 2.34. The first kappa shape index (κ1) is 11.5. The van der Waals surface area contributed by atoms with E-state index in [2.05, 4.69) is 20.3 Å².